The van der Waals surface area contributed by atoms with Crippen LogP contribution in [0.1, 0.15) is 68.2 Å². The van der Waals surface area contributed by atoms with Crippen LogP contribution in [0.15, 0.2) is 66.7 Å². The van der Waals surface area contributed by atoms with Crippen molar-refractivity contribution in [1.29, 1.82) is 0 Å². The molecule has 8 heteroatoms. The van der Waals surface area contributed by atoms with E-state index in [1.54, 1.807) is 7.11 Å². The summed E-state index contributed by atoms with van der Waals surface area (Å²) in [5.74, 6) is -0.0976. The van der Waals surface area contributed by atoms with Crippen LogP contribution >= 0.6 is 0 Å². The molecule has 5 rings (SSSR count). The van der Waals surface area contributed by atoms with Gasteiger partial charge >= 0.3 is 5.97 Å². The first-order chi connectivity index (χ1) is 20.9. The van der Waals surface area contributed by atoms with Crippen molar-refractivity contribution in [3.05, 3.63) is 83.4 Å². The molecule has 1 amide bonds. The van der Waals surface area contributed by atoms with Crippen LogP contribution in [0.4, 0.5) is 5.69 Å². The highest BCUT2D eigenvalue weighted by atomic mass is 16.7. The van der Waals surface area contributed by atoms with E-state index < -0.39 is 17.9 Å². The van der Waals surface area contributed by atoms with E-state index in [0.29, 0.717) is 30.3 Å². The third-order valence-electron chi connectivity index (χ3n) is 8.58. The first-order valence-corrected chi connectivity index (χ1v) is 15.3. The van der Waals surface area contributed by atoms with E-state index in [4.69, 9.17) is 14.2 Å². The summed E-state index contributed by atoms with van der Waals surface area (Å²) in [5.41, 5.74) is 3.82. The molecule has 0 radical (unpaired) electrons. The first kappa shape index (κ1) is 30.4. The minimum absolute atomic E-state index is 0.0323. The number of likely N-dealkylation sites (tertiary alicyclic amines) is 1. The Morgan fingerprint density at radius 1 is 0.953 bits per heavy atom. The number of methoxy groups -OCH3 is 1. The molecule has 1 N–H and O–H groups in total. The van der Waals surface area contributed by atoms with Gasteiger partial charge in [-0.05, 0) is 72.4 Å². The standard InChI is InChI=1S/C35H42N2O6/c1-4-6-9-24-10-8-11-27(19-24)37(18-7-5-2)32(38)22-36-21-29(26-14-17-30-31(20-26)43-23-42-30)33(35(39)40)34(36)25-12-15-28(41-3)16-13-25/h8,10-17,19-20,29,33-34H,4-7,9,18,21-23H2,1-3H3,(H,39,40). The van der Waals surface area contributed by atoms with Gasteiger partial charge in [-0.2, -0.15) is 0 Å². The number of aryl methyl sites for hydroxylation is 1. The van der Waals surface area contributed by atoms with E-state index in [9.17, 15) is 14.7 Å². The number of benzene rings is 3. The molecule has 0 spiro atoms. The molecular formula is C35H42N2O6. The maximum absolute atomic E-state index is 14.2. The first-order valence-electron chi connectivity index (χ1n) is 15.3. The van der Waals surface area contributed by atoms with Crippen LogP contribution in [-0.4, -0.2) is 55.4 Å². The molecule has 43 heavy (non-hydrogen) atoms. The maximum Gasteiger partial charge on any atom is 0.309 e. The fourth-order valence-electron chi connectivity index (χ4n) is 6.31. The monoisotopic (exact) mass is 586 g/mol. The maximum atomic E-state index is 14.2. The Labute approximate surface area is 254 Å². The largest absolute Gasteiger partial charge is 0.497 e. The van der Waals surface area contributed by atoms with E-state index in [-0.39, 0.29) is 25.2 Å². The van der Waals surface area contributed by atoms with E-state index in [1.165, 1.54) is 5.56 Å². The number of carbonyl (C=O) groups excluding carboxylic acids is 1. The fraction of sp³-hybridized carbons (Fsp3) is 0.429. The molecule has 8 nitrogen and oxygen atoms in total. The van der Waals surface area contributed by atoms with E-state index in [0.717, 1.165) is 48.9 Å². The summed E-state index contributed by atoms with van der Waals surface area (Å²) in [6.45, 7) is 5.57. The lowest BCUT2D eigenvalue weighted by Gasteiger charge is -2.30. The molecule has 3 unspecified atom stereocenters. The second kappa shape index (κ2) is 14.0. The average molecular weight is 587 g/mol. The second-order valence-electron chi connectivity index (χ2n) is 11.4. The van der Waals surface area contributed by atoms with Gasteiger partial charge in [0.15, 0.2) is 11.5 Å². The molecule has 2 heterocycles. The molecule has 0 bridgehead atoms. The third-order valence-corrected chi connectivity index (χ3v) is 8.58. The summed E-state index contributed by atoms with van der Waals surface area (Å²) in [6, 6.07) is 20.9. The van der Waals surface area contributed by atoms with Gasteiger partial charge in [-0.1, -0.05) is 57.0 Å². The number of anilines is 1. The van der Waals surface area contributed by atoms with Crippen LogP contribution in [0.3, 0.4) is 0 Å². The molecule has 3 atom stereocenters. The van der Waals surface area contributed by atoms with E-state index >= 15 is 0 Å². The smallest absolute Gasteiger partial charge is 0.309 e. The van der Waals surface area contributed by atoms with Gasteiger partial charge in [-0.15, -0.1) is 0 Å². The molecule has 0 saturated carbocycles. The normalized spacial score (nSPS) is 19.4. The van der Waals surface area contributed by atoms with Gasteiger partial charge in [0.05, 0.1) is 19.6 Å². The number of ether oxygens (including phenoxy) is 3. The minimum atomic E-state index is -0.898. The topological polar surface area (TPSA) is 88.5 Å². The van der Waals surface area contributed by atoms with Crippen molar-refractivity contribution in [3.63, 3.8) is 0 Å². The van der Waals surface area contributed by atoms with Gasteiger partial charge in [-0.25, -0.2) is 0 Å². The Balaban J connectivity index is 1.49. The summed E-state index contributed by atoms with van der Waals surface area (Å²) in [7, 11) is 1.60. The van der Waals surface area contributed by atoms with Crippen molar-refractivity contribution in [2.45, 2.75) is 57.9 Å². The summed E-state index contributed by atoms with van der Waals surface area (Å²) in [5, 5.41) is 10.6. The van der Waals surface area contributed by atoms with Crippen molar-refractivity contribution >= 4 is 17.6 Å². The van der Waals surface area contributed by atoms with Crippen LogP contribution < -0.4 is 19.1 Å². The van der Waals surface area contributed by atoms with E-state index in [1.807, 2.05) is 64.4 Å². The summed E-state index contributed by atoms with van der Waals surface area (Å²) in [6.07, 6.45) is 5.03. The summed E-state index contributed by atoms with van der Waals surface area (Å²) in [4.78, 5) is 31.1. The quantitative estimate of drug-likeness (QED) is 0.247. The Morgan fingerprint density at radius 3 is 2.42 bits per heavy atom. The third kappa shape index (κ3) is 6.80. The molecule has 3 aromatic rings. The minimum Gasteiger partial charge on any atom is -0.497 e. The lowest BCUT2D eigenvalue weighted by atomic mass is 9.82. The molecule has 2 aliphatic rings. The number of carboxylic acid groups (broad SMARTS) is 1. The van der Waals surface area contributed by atoms with Crippen LogP contribution in [0.25, 0.3) is 0 Å². The highest BCUT2D eigenvalue weighted by molar-refractivity contribution is 5.95. The van der Waals surface area contributed by atoms with Crippen LogP contribution in [0.2, 0.25) is 0 Å². The lowest BCUT2D eigenvalue weighted by Crippen LogP contribution is -2.41. The number of nitrogens with zero attached hydrogens (tertiary/aromatic N) is 2. The predicted octanol–water partition coefficient (Wildman–Crippen LogP) is 6.44. The molecule has 1 saturated heterocycles. The van der Waals surface area contributed by atoms with Gasteiger partial charge < -0.3 is 24.2 Å². The fourth-order valence-corrected chi connectivity index (χ4v) is 6.31. The number of amides is 1. The van der Waals surface area contributed by atoms with Crippen molar-refractivity contribution in [3.8, 4) is 17.2 Å². The number of hydrogen-bond donors (Lipinski definition) is 1. The molecule has 0 aliphatic carbocycles. The zero-order valence-electron chi connectivity index (χ0n) is 25.3. The summed E-state index contributed by atoms with van der Waals surface area (Å²) >= 11 is 0. The van der Waals surface area contributed by atoms with Gasteiger partial charge in [-0.3, -0.25) is 14.5 Å². The zero-order chi connectivity index (χ0) is 30.3. The molecule has 0 aromatic heterocycles. The van der Waals surface area contributed by atoms with E-state index in [2.05, 4.69) is 26.0 Å². The number of fused-ring (bicyclic) bond motifs is 1. The predicted molar refractivity (Wildman–Crippen MR) is 166 cm³/mol. The highest BCUT2D eigenvalue weighted by Gasteiger charge is 2.48. The van der Waals surface area contributed by atoms with Crippen LogP contribution in [0, 0.1) is 5.92 Å². The second-order valence-corrected chi connectivity index (χ2v) is 11.4. The lowest BCUT2D eigenvalue weighted by molar-refractivity contribution is -0.143. The zero-order valence-corrected chi connectivity index (χ0v) is 25.3. The molecule has 1 fully saturated rings. The van der Waals surface area contributed by atoms with Crippen molar-refractivity contribution in [1.82, 2.24) is 4.90 Å². The van der Waals surface area contributed by atoms with Gasteiger partial charge in [0, 0.05) is 30.7 Å². The number of unbranched alkanes of at least 4 members (excludes halogenated alkanes) is 2. The number of carbonyl (C=O) groups is 2. The molecule has 3 aromatic carbocycles. The summed E-state index contributed by atoms with van der Waals surface area (Å²) < 4.78 is 16.5. The van der Waals surface area contributed by atoms with Crippen molar-refractivity contribution in [2.24, 2.45) is 5.92 Å². The van der Waals surface area contributed by atoms with Crippen molar-refractivity contribution in [2.75, 3.05) is 38.4 Å². The van der Waals surface area contributed by atoms with Gasteiger partial charge in [0.2, 0.25) is 12.7 Å². The average Bonchev–Trinajstić information content (AvgIpc) is 3.65. The SMILES string of the molecule is CCCCc1cccc(N(CCCC)C(=O)CN2CC(c3ccc4c(c3)OCO4)C(C(=O)O)C2c2ccc(OC)cc2)c1. The Hall–Kier alpha value is -4.04. The Kier molecular flexibility index (Phi) is 9.87. The van der Waals surface area contributed by atoms with Gasteiger partial charge in [0.25, 0.3) is 0 Å². The number of hydrogen-bond acceptors (Lipinski definition) is 6. The number of rotatable bonds is 13. The molecular weight excluding hydrogens is 544 g/mol. The van der Waals surface area contributed by atoms with Crippen LogP contribution in [0.5, 0.6) is 17.2 Å². The Bertz CT molecular complexity index is 1410. The Morgan fingerprint density at radius 2 is 1.70 bits per heavy atom. The van der Waals surface area contributed by atoms with Crippen molar-refractivity contribution < 1.29 is 28.9 Å². The van der Waals surface area contributed by atoms with Gasteiger partial charge in [0.1, 0.15) is 5.75 Å². The highest BCUT2D eigenvalue weighted by Crippen LogP contribution is 2.48. The van der Waals surface area contributed by atoms with Crippen LogP contribution in [-0.2, 0) is 16.0 Å². The molecule has 2 aliphatic heterocycles. The number of carboxylic acids is 1. The molecule has 228 valence electrons. The number of aliphatic carboxylic acids is 1.